The van der Waals surface area contributed by atoms with Gasteiger partial charge in [0.15, 0.2) is 0 Å². The summed E-state index contributed by atoms with van der Waals surface area (Å²) in [6.07, 6.45) is 5.10. The van der Waals surface area contributed by atoms with Gasteiger partial charge in [-0.15, -0.1) is 0 Å². The summed E-state index contributed by atoms with van der Waals surface area (Å²) in [6, 6.07) is 14.9. The maximum atomic E-state index is 2.70. The molecule has 2 unspecified atom stereocenters. The van der Waals surface area contributed by atoms with Crippen molar-refractivity contribution in [3.8, 4) is 11.1 Å². The van der Waals surface area contributed by atoms with Gasteiger partial charge in [0.1, 0.15) is 0 Å². The average molecular weight is 537 g/mol. The first-order valence-corrected chi connectivity index (χ1v) is 15.9. The lowest BCUT2D eigenvalue weighted by molar-refractivity contribution is 0.0948. The van der Waals surface area contributed by atoms with Crippen LogP contribution in [-0.4, -0.2) is 0 Å². The fraction of sp³-hybridized carbons (Fsp3) is 0.600. The van der Waals surface area contributed by atoms with Gasteiger partial charge in [0.2, 0.25) is 0 Å². The summed E-state index contributed by atoms with van der Waals surface area (Å²) in [6.45, 7) is 34.0. The number of hydrogen-bond acceptors (Lipinski definition) is 0. The van der Waals surface area contributed by atoms with E-state index in [0.717, 1.165) is 6.42 Å². The Morgan fingerprint density at radius 1 is 0.675 bits per heavy atom. The zero-order valence-electron chi connectivity index (χ0n) is 28.2. The van der Waals surface area contributed by atoms with Crippen molar-refractivity contribution in [3.05, 3.63) is 81.4 Å². The molecular weight excluding hydrogens is 480 g/mol. The molecule has 0 N–H and O–H groups in total. The van der Waals surface area contributed by atoms with Crippen LogP contribution in [0.3, 0.4) is 0 Å². The van der Waals surface area contributed by atoms with Gasteiger partial charge in [0.05, 0.1) is 0 Å². The Kier molecular flexibility index (Phi) is 6.59. The van der Waals surface area contributed by atoms with Gasteiger partial charge >= 0.3 is 0 Å². The summed E-state index contributed by atoms with van der Waals surface area (Å²) in [5.74, 6) is 1.63. The van der Waals surface area contributed by atoms with Crippen LogP contribution >= 0.6 is 0 Å². The summed E-state index contributed by atoms with van der Waals surface area (Å²) in [5.41, 5.74) is 14.6. The molecule has 0 aliphatic heterocycles. The molecule has 0 heterocycles. The monoisotopic (exact) mass is 536 g/mol. The molecule has 0 saturated carbocycles. The number of allylic oxidation sites excluding steroid dienone is 4. The number of rotatable bonds is 2. The molecule has 0 spiro atoms. The van der Waals surface area contributed by atoms with E-state index in [2.05, 4.69) is 139 Å². The molecule has 2 atom stereocenters. The first-order valence-electron chi connectivity index (χ1n) is 15.9. The van der Waals surface area contributed by atoms with Crippen LogP contribution in [0.1, 0.15) is 138 Å². The summed E-state index contributed by atoms with van der Waals surface area (Å²) in [4.78, 5) is 0. The molecule has 0 bridgehead atoms. The van der Waals surface area contributed by atoms with Gasteiger partial charge in [-0.3, -0.25) is 0 Å². The van der Waals surface area contributed by atoms with E-state index in [-0.39, 0.29) is 27.1 Å². The van der Waals surface area contributed by atoms with Crippen molar-refractivity contribution in [2.24, 2.45) is 28.1 Å². The molecule has 3 aliphatic rings. The third kappa shape index (κ3) is 4.39. The molecule has 2 aromatic rings. The van der Waals surface area contributed by atoms with Crippen LogP contribution in [0.25, 0.3) is 11.1 Å². The number of hydrogen-bond donors (Lipinski definition) is 0. The highest BCUT2D eigenvalue weighted by Gasteiger charge is 2.60. The topological polar surface area (TPSA) is 0 Å². The van der Waals surface area contributed by atoms with E-state index in [1.54, 1.807) is 27.8 Å². The lowest BCUT2D eigenvalue weighted by Crippen LogP contribution is -2.42. The van der Waals surface area contributed by atoms with E-state index >= 15 is 0 Å². The molecule has 0 aromatic heterocycles. The molecule has 5 rings (SSSR count). The normalized spacial score (nSPS) is 23.6. The number of benzene rings is 2. The lowest BCUT2D eigenvalue weighted by atomic mass is 9.53. The van der Waals surface area contributed by atoms with Crippen molar-refractivity contribution in [2.45, 2.75) is 127 Å². The third-order valence-corrected chi connectivity index (χ3v) is 10.9. The predicted octanol–water partition coefficient (Wildman–Crippen LogP) is 11.8. The van der Waals surface area contributed by atoms with Gasteiger partial charge in [-0.05, 0) is 85.3 Å². The Balaban J connectivity index is 1.87. The fourth-order valence-electron chi connectivity index (χ4n) is 8.21. The zero-order valence-corrected chi connectivity index (χ0v) is 28.2. The lowest BCUT2D eigenvalue weighted by Gasteiger charge is -2.50. The molecule has 0 amide bonds. The molecule has 0 fully saturated rings. The Bertz CT molecular complexity index is 1330. The minimum Gasteiger partial charge on any atom is -0.0622 e. The SMILES string of the molecule is CC(C)C1CC(C2c3cc(C(C)(C)C)ccc3-c3ccc(C(C)(C)C)cc32)(C(C)(C)C)C2=C1CC(C(C)(C)C)=C2. The maximum absolute atomic E-state index is 2.70. The Labute approximate surface area is 246 Å². The van der Waals surface area contributed by atoms with Gasteiger partial charge in [-0.25, -0.2) is 0 Å². The highest BCUT2D eigenvalue weighted by atomic mass is 14.6. The quantitative estimate of drug-likeness (QED) is 0.358. The van der Waals surface area contributed by atoms with E-state index in [1.807, 2.05) is 0 Å². The molecule has 0 radical (unpaired) electrons. The van der Waals surface area contributed by atoms with Gasteiger partial charge in [0.25, 0.3) is 0 Å². The minimum absolute atomic E-state index is 0.0390. The van der Waals surface area contributed by atoms with Crippen LogP contribution in [0, 0.1) is 28.1 Å². The van der Waals surface area contributed by atoms with E-state index in [9.17, 15) is 0 Å². The molecule has 40 heavy (non-hydrogen) atoms. The molecule has 216 valence electrons. The second-order valence-electron chi connectivity index (χ2n) is 17.8. The largest absolute Gasteiger partial charge is 0.0622 e. The summed E-state index contributed by atoms with van der Waals surface area (Å²) in [7, 11) is 0. The van der Waals surface area contributed by atoms with Crippen molar-refractivity contribution in [1.82, 2.24) is 0 Å². The predicted molar refractivity (Wildman–Crippen MR) is 175 cm³/mol. The van der Waals surface area contributed by atoms with Crippen molar-refractivity contribution in [2.75, 3.05) is 0 Å². The van der Waals surface area contributed by atoms with Crippen LogP contribution in [0.2, 0.25) is 0 Å². The first kappa shape index (κ1) is 29.4. The molecule has 0 saturated heterocycles. The Morgan fingerprint density at radius 2 is 1.15 bits per heavy atom. The summed E-state index contributed by atoms with van der Waals surface area (Å²) in [5, 5.41) is 0. The third-order valence-electron chi connectivity index (χ3n) is 10.9. The van der Waals surface area contributed by atoms with Crippen LogP contribution < -0.4 is 0 Å². The molecule has 3 aliphatic carbocycles. The van der Waals surface area contributed by atoms with Crippen LogP contribution in [0.15, 0.2) is 59.2 Å². The molecular formula is C40H56. The Morgan fingerprint density at radius 3 is 1.52 bits per heavy atom. The minimum atomic E-state index is 0.0390. The second kappa shape index (κ2) is 8.96. The highest BCUT2D eigenvalue weighted by Crippen LogP contribution is 2.71. The van der Waals surface area contributed by atoms with Crippen molar-refractivity contribution in [1.29, 1.82) is 0 Å². The number of fused-ring (bicyclic) bond motifs is 3. The fourth-order valence-corrected chi connectivity index (χ4v) is 8.21. The van der Waals surface area contributed by atoms with Crippen molar-refractivity contribution < 1.29 is 0 Å². The van der Waals surface area contributed by atoms with Gasteiger partial charge in [0, 0.05) is 11.3 Å². The summed E-state index contributed by atoms with van der Waals surface area (Å²) >= 11 is 0. The van der Waals surface area contributed by atoms with Crippen LogP contribution in [0.4, 0.5) is 0 Å². The van der Waals surface area contributed by atoms with E-state index in [4.69, 9.17) is 0 Å². The second-order valence-corrected chi connectivity index (χ2v) is 17.8. The molecule has 0 nitrogen and oxygen atoms in total. The van der Waals surface area contributed by atoms with Gasteiger partial charge < -0.3 is 0 Å². The van der Waals surface area contributed by atoms with E-state index < -0.39 is 0 Å². The van der Waals surface area contributed by atoms with Gasteiger partial charge in [-0.1, -0.05) is 151 Å². The average Bonchev–Trinajstić information content (AvgIpc) is 3.45. The maximum Gasteiger partial charge on any atom is 0.0204 e. The molecule has 2 aromatic carbocycles. The van der Waals surface area contributed by atoms with Crippen molar-refractivity contribution in [3.63, 3.8) is 0 Å². The standard InChI is InChI=1S/C40H56/c1-24(2)33-23-40(39(12,13)14,34-22-27(21-30(33)34)38(9,10)11)35-31-19-25(36(3,4)5)15-17-28(31)29-18-16-26(20-32(29)35)37(6,7)8/h15-20,22,24,33,35H,21,23H2,1-14H3. The summed E-state index contributed by atoms with van der Waals surface area (Å²) < 4.78 is 0. The molecule has 0 heteroatoms. The van der Waals surface area contributed by atoms with Crippen LogP contribution in [0.5, 0.6) is 0 Å². The van der Waals surface area contributed by atoms with Crippen molar-refractivity contribution >= 4 is 0 Å². The zero-order chi connectivity index (χ0) is 29.8. The van der Waals surface area contributed by atoms with Gasteiger partial charge in [-0.2, -0.15) is 0 Å². The van der Waals surface area contributed by atoms with E-state index in [0.29, 0.717) is 17.8 Å². The smallest absolute Gasteiger partial charge is 0.0204 e. The van der Waals surface area contributed by atoms with E-state index in [1.165, 1.54) is 28.7 Å². The van der Waals surface area contributed by atoms with Crippen LogP contribution in [-0.2, 0) is 10.8 Å². The first-order chi connectivity index (χ1) is 18.2. The Hall–Kier alpha value is -2.08. The highest BCUT2D eigenvalue weighted by molar-refractivity contribution is 5.81.